The summed E-state index contributed by atoms with van der Waals surface area (Å²) in [6, 6.07) is 0.0391. The number of hydrogen-bond donors (Lipinski definition) is 2. The van der Waals surface area contributed by atoms with Crippen LogP contribution in [0.15, 0.2) is 12.4 Å². The smallest absolute Gasteiger partial charge is 0.303 e. The van der Waals surface area contributed by atoms with Gasteiger partial charge in [-0.3, -0.25) is 14.7 Å². The lowest BCUT2D eigenvalue weighted by Gasteiger charge is -2.35. The zero-order valence-electron chi connectivity index (χ0n) is 10.1. The molecule has 1 aromatic heterocycles. The van der Waals surface area contributed by atoms with E-state index in [4.69, 9.17) is 5.11 Å². The summed E-state index contributed by atoms with van der Waals surface area (Å²) >= 11 is 0. The van der Waals surface area contributed by atoms with E-state index in [1.54, 1.807) is 11.1 Å². The second-order valence-corrected chi connectivity index (χ2v) is 4.57. The standard InChI is InChI=1S/C12H17N3O3/c16-11(17)5-4-10-3-1-2-6-15(10)12(18)9-7-13-14-8-9/h7-8,10H,1-6H2,(H,13,14)(H,16,17)/t10-/m1/s1. The van der Waals surface area contributed by atoms with Gasteiger partial charge in [0.1, 0.15) is 0 Å². The van der Waals surface area contributed by atoms with E-state index < -0.39 is 5.97 Å². The maximum atomic E-state index is 12.2. The number of carboxylic acid groups (broad SMARTS) is 1. The van der Waals surface area contributed by atoms with Gasteiger partial charge in [0, 0.05) is 25.2 Å². The van der Waals surface area contributed by atoms with E-state index in [0.29, 0.717) is 18.5 Å². The van der Waals surface area contributed by atoms with E-state index in [0.717, 1.165) is 19.3 Å². The lowest BCUT2D eigenvalue weighted by Crippen LogP contribution is -2.43. The molecule has 0 bridgehead atoms. The highest BCUT2D eigenvalue weighted by molar-refractivity contribution is 5.94. The minimum atomic E-state index is -0.809. The number of likely N-dealkylation sites (tertiary alicyclic amines) is 1. The number of carboxylic acids is 1. The zero-order valence-corrected chi connectivity index (χ0v) is 10.1. The molecule has 2 rings (SSSR count). The molecule has 0 spiro atoms. The summed E-state index contributed by atoms with van der Waals surface area (Å²) in [5.41, 5.74) is 0.539. The summed E-state index contributed by atoms with van der Waals surface area (Å²) in [5, 5.41) is 15.1. The van der Waals surface area contributed by atoms with Crippen molar-refractivity contribution in [1.82, 2.24) is 15.1 Å². The van der Waals surface area contributed by atoms with Crippen molar-refractivity contribution in [2.24, 2.45) is 0 Å². The number of aromatic nitrogens is 2. The molecule has 0 aliphatic carbocycles. The summed E-state index contributed by atoms with van der Waals surface area (Å²) in [5.74, 6) is -0.866. The predicted octanol–water partition coefficient (Wildman–Crippen LogP) is 1.27. The van der Waals surface area contributed by atoms with Crippen molar-refractivity contribution in [3.8, 4) is 0 Å². The highest BCUT2D eigenvalue weighted by Gasteiger charge is 2.28. The van der Waals surface area contributed by atoms with Crippen molar-refractivity contribution >= 4 is 11.9 Å². The van der Waals surface area contributed by atoms with Crippen molar-refractivity contribution < 1.29 is 14.7 Å². The predicted molar refractivity (Wildman–Crippen MR) is 64.1 cm³/mol. The highest BCUT2D eigenvalue weighted by Crippen LogP contribution is 2.22. The van der Waals surface area contributed by atoms with Crippen molar-refractivity contribution in [3.63, 3.8) is 0 Å². The molecule has 6 nitrogen and oxygen atoms in total. The van der Waals surface area contributed by atoms with Gasteiger partial charge in [-0.2, -0.15) is 5.10 Å². The minimum absolute atomic E-state index is 0.0391. The van der Waals surface area contributed by atoms with Crippen molar-refractivity contribution in [2.75, 3.05) is 6.54 Å². The molecule has 1 fully saturated rings. The Morgan fingerprint density at radius 3 is 3.00 bits per heavy atom. The van der Waals surface area contributed by atoms with Gasteiger partial charge in [0.05, 0.1) is 11.8 Å². The Labute approximate surface area is 105 Å². The van der Waals surface area contributed by atoms with Crippen molar-refractivity contribution in [2.45, 2.75) is 38.1 Å². The molecule has 1 amide bonds. The molecule has 1 saturated heterocycles. The van der Waals surface area contributed by atoms with E-state index in [1.165, 1.54) is 6.20 Å². The van der Waals surface area contributed by atoms with Crippen molar-refractivity contribution in [1.29, 1.82) is 0 Å². The number of hydrogen-bond acceptors (Lipinski definition) is 3. The van der Waals surface area contributed by atoms with Crippen LogP contribution in [0.5, 0.6) is 0 Å². The molecule has 0 saturated carbocycles. The lowest BCUT2D eigenvalue weighted by molar-refractivity contribution is -0.137. The van der Waals surface area contributed by atoms with Gasteiger partial charge < -0.3 is 10.0 Å². The van der Waals surface area contributed by atoms with Crippen LogP contribution in [0.2, 0.25) is 0 Å². The zero-order chi connectivity index (χ0) is 13.0. The second kappa shape index (κ2) is 5.66. The lowest BCUT2D eigenvalue weighted by atomic mass is 9.97. The van der Waals surface area contributed by atoms with Crippen LogP contribution >= 0.6 is 0 Å². The van der Waals surface area contributed by atoms with Gasteiger partial charge in [0.2, 0.25) is 0 Å². The van der Waals surface area contributed by atoms with Crippen LogP contribution in [0.3, 0.4) is 0 Å². The summed E-state index contributed by atoms with van der Waals surface area (Å²) in [7, 11) is 0. The minimum Gasteiger partial charge on any atom is -0.481 e. The molecule has 0 unspecified atom stereocenters. The molecule has 0 aromatic carbocycles. The van der Waals surface area contributed by atoms with Crippen LogP contribution < -0.4 is 0 Å². The van der Waals surface area contributed by atoms with Crippen LogP contribution in [-0.2, 0) is 4.79 Å². The summed E-state index contributed by atoms with van der Waals surface area (Å²) < 4.78 is 0. The topological polar surface area (TPSA) is 86.3 Å². The number of rotatable bonds is 4. The number of aliphatic carboxylic acids is 1. The van der Waals surface area contributed by atoms with Gasteiger partial charge in [-0.1, -0.05) is 0 Å². The Bertz CT molecular complexity index is 416. The molecule has 6 heteroatoms. The van der Waals surface area contributed by atoms with Crippen LogP contribution in [0.25, 0.3) is 0 Å². The number of nitrogens with one attached hydrogen (secondary N) is 1. The quantitative estimate of drug-likeness (QED) is 0.843. The van der Waals surface area contributed by atoms with Crippen LogP contribution in [0.1, 0.15) is 42.5 Å². The normalized spacial score (nSPS) is 19.8. The fraction of sp³-hybridized carbons (Fsp3) is 0.583. The van der Waals surface area contributed by atoms with Gasteiger partial charge >= 0.3 is 5.97 Å². The molecule has 18 heavy (non-hydrogen) atoms. The number of carbonyl (C=O) groups is 2. The molecule has 1 atom stereocenters. The first kappa shape index (κ1) is 12.6. The average molecular weight is 251 g/mol. The Balaban J connectivity index is 2.03. The monoisotopic (exact) mass is 251 g/mol. The van der Waals surface area contributed by atoms with E-state index in [9.17, 15) is 9.59 Å². The summed E-state index contributed by atoms with van der Waals surface area (Å²) in [6.07, 6.45) is 6.64. The van der Waals surface area contributed by atoms with Crippen molar-refractivity contribution in [3.05, 3.63) is 18.0 Å². The Hall–Kier alpha value is -1.85. The SMILES string of the molecule is O=C(O)CC[C@H]1CCCCN1C(=O)c1cn[nH]c1. The Kier molecular flexibility index (Phi) is 3.96. The molecule has 98 valence electrons. The molecule has 1 aliphatic rings. The van der Waals surface area contributed by atoms with Crippen LogP contribution in [0, 0.1) is 0 Å². The van der Waals surface area contributed by atoms with E-state index in [2.05, 4.69) is 10.2 Å². The molecule has 2 N–H and O–H groups in total. The van der Waals surface area contributed by atoms with Crippen LogP contribution in [0.4, 0.5) is 0 Å². The number of H-pyrrole nitrogens is 1. The first-order valence-corrected chi connectivity index (χ1v) is 6.20. The third-order valence-electron chi connectivity index (χ3n) is 3.32. The number of nitrogens with zero attached hydrogens (tertiary/aromatic N) is 2. The van der Waals surface area contributed by atoms with E-state index in [-0.39, 0.29) is 18.4 Å². The van der Waals surface area contributed by atoms with Gasteiger partial charge in [-0.05, 0) is 25.7 Å². The van der Waals surface area contributed by atoms with Crippen LogP contribution in [-0.4, -0.2) is 44.7 Å². The molecule has 2 heterocycles. The number of aromatic amines is 1. The van der Waals surface area contributed by atoms with Gasteiger partial charge in [0.15, 0.2) is 0 Å². The second-order valence-electron chi connectivity index (χ2n) is 4.57. The van der Waals surface area contributed by atoms with Gasteiger partial charge in [-0.15, -0.1) is 0 Å². The summed E-state index contributed by atoms with van der Waals surface area (Å²) in [6.45, 7) is 0.703. The third kappa shape index (κ3) is 2.88. The van der Waals surface area contributed by atoms with E-state index >= 15 is 0 Å². The molecular formula is C12H17N3O3. The third-order valence-corrected chi connectivity index (χ3v) is 3.32. The fourth-order valence-corrected chi connectivity index (χ4v) is 2.39. The maximum absolute atomic E-state index is 12.2. The Morgan fingerprint density at radius 1 is 1.50 bits per heavy atom. The van der Waals surface area contributed by atoms with Gasteiger partial charge in [-0.25, -0.2) is 0 Å². The maximum Gasteiger partial charge on any atom is 0.303 e. The molecule has 0 radical (unpaired) electrons. The average Bonchev–Trinajstić information content (AvgIpc) is 2.89. The fourth-order valence-electron chi connectivity index (χ4n) is 2.39. The molecular weight excluding hydrogens is 234 g/mol. The van der Waals surface area contributed by atoms with Gasteiger partial charge in [0.25, 0.3) is 5.91 Å². The number of carbonyl (C=O) groups excluding carboxylic acids is 1. The highest BCUT2D eigenvalue weighted by atomic mass is 16.4. The first-order valence-electron chi connectivity index (χ1n) is 6.20. The largest absolute Gasteiger partial charge is 0.481 e. The number of amides is 1. The first-order chi connectivity index (χ1) is 8.68. The van der Waals surface area contributed by atoms with E-state index in [1.807, 2.05) is 0 Å². The number of piperidine rings is 1. The summed E-state index contributed by atoms with van der Waals surface area (Å²) in [4.78, 5) is 24.7. The molecule has 1 aromatic rings. The Morgan fingerprint density at radius 2 is 2.33 bits per heavy atom. The molecule has 1 aliphatic heterocycles.